The molecule has 3 unspecified atom stereocenters. The van der Waals surface area contributed by atoms with Crippen LogP contribution in [0.25, 0.3) is 0 Å². The normalized spacial score (nSPS) is 50.6. The first-order valence-corrected chi connectivity index (χ1v) is 10.0. The summed E-state index contributed by atoms with van der Waals surface area (Å²) in [7, 11) is 0. The Morgan fingerprint density at radius 2 is 1.92 bits per heavy atom. The van der Waals surface area contributed by atoms with E-state index in [1.165, 1.54) is 32.1 Å². The second-order valence-electron chi connectivity index (χ2n) is 9.78. The van der Waals surface area contributed by atoms with E-state index in [0.717, 1.165) is 23.8 Å². The minimum atomic E-state index is -0.488. The molecule has 0 aliphatic heterocycles. The van der Waals surface area contributed by atoms with Gasteiger partial charge in [-0.05, 0) is 81.0 Å². The lowest BCUT2D eigenvalue weighted by Crippen LogP contribution is -2.56. The third-order valence-corrected chi connectivity index (χ3v) is 8.77. The van der Waals surface area contributed by atoms with Crippen LogP contribution in [0.15, 0.2) is 11.6 Å². The number of fused-ring (bicyclic) bond motifs is 5. The zero-order valence-corrected chi connectivity index (χ0v) is 15.7. The fourth-order valence-corrected chi connectivity index (χ4v) is 7.29. The molecule has 0 aromatic rings. The SMILES string of the molecule is CC(=O)C1=CCC2C3CC[C@H]4C[C@@H](C)CC[C@]4(C)C3CC(=O)[C@]12C. The first-order valence-electron chi connectivity index (χ1n) is 10.0. The number of ketones is 2. The number of hydrogen-bond acceptors (Lipinski definition) is 2. The molecule has 4 aliphatic rings. The molecule has 0 aromatic carbocycles. The summed E-state index contributed by atoms with van der Waals surface area (Å²) in [6.07, 6.45) is 10.3. The summed E-state index contributed by atoms with van der Waals surface area (Å²) in [5.41, 5.74) is 0.685. The van der Waals surface area contributed by atoms with Crippen LogP contribution in [0, 0.1) is 40.4 Å². The third kappa shape index (κ3) is 2.01. The van der Waals surface area contributed by atoms with Crippen LogP contribution in [0.4, 0.5) is 0 Å². The number of carbonyl (C=O) groups is 2. The highest BCUT2D eigenvalue weighted by molar-refractivity contribution is 6.04. The highest BCUT2D eigenvalue weighted by Crippen LogP contribution is 2.65. The van der Waals surface area contributed by atoms with Crippen LogP contribution in [0.5, 0.6) is 0 Å². The van der Waals surface area contributed by atoms with E-state index < -0.39 is 5.41 Å². The maximum atomic E-state index is 13.3. The maximum absolute atomic E-state index is 13.3. The predicted molar refractivity (Wildman–Crippen MR) is 95.4 cm³/mol. The molecule has 0 heterocycles. The van der Waals surface area contributed by atoms with Gasteiger partial charge in [0, 0.05) is 12.0 Å². The molecule has 0 spiro atoms. The largest absolute Gasteiger partial charge is 0.299 e. The van der Waals surface area contributed by atoms with Gasteiger partial charge >= 0.3 is 0 Å². The average Bonchev–Trinajstić information content (AvgIpc) is 2.88. The lowest BCUT2D eigenvalue weighted by atomic mass is 9.44. The van der Waals surface area contributed by atoms with Gasteiger partial charge < -0.3 is 0 Å². The van der Waals surface area contributed by atoms with Gasteiger partial charge in [-0.2, -0.15) is 0 Å². The molecule has 132 valence electrons. The molecule has 0 amide bonds. The van der Waals surface area contributed by atoms with E-state index in [1.807, 2.05) is 0 Å². The van der Waals surface area contributed by atoms with Crippen molar-refractivity contribution in [2.24, 2.45) is 40.4 Å². The molecular weight excluding hydrogens is 296 g/mol. The number of rotatable bonds is 1. The quantitative estimate of drug-likeness (QED) is 0.681. The summed E-state index contributed by atoms with van der Waals surface area (Å²) in [4.78, 5) is 25.4. The van der Waals surface area contributed by atoms with E-state index in [2.05, 4.69) is 26.8 Å². The van der Waals surface area contributed by atoms with Gasteiger partial charge in [-0.25, -0.2) is 0 Å². The number of hydrogen-bond donors (Lipinski definition) is 0. The molecule has 0 N–H and O–H groups in total. The van der Waals surface area contributed by atoms with Crippen LogP contribution in [0.3, 0.4) is 0 Å². The van der Waals surface area contributed by atoms with Gasteiger partial charge in [0.15, 0.2) is 5.78 Å². The van der Waals surface area contributed by atoms with Gasteiger partial charge in [0.1, 0.15) is 5.78 Å². The minimum absolute atomic E-state index is 0.109. The highest BCUT2D eigenvalue weighted by atomic mass is 16.1. The van der Waals surface area contributed by atoms with Crippen molar-refractivity contribution in [3.05, 3.63) is 11.6 Å². The third-order valence-electron chi connectivity index (χ3n) is 8.77. The molecule has 7 atom stereocenters. The van der Waals surface area contributed by atoms with Crippen molar-refractivity contribution in [2.45, 2.75) is 72.6 Å². The van der Waals surface area contributed by atoms with Crippen molar-refractivity contribution in [3.63, 3.8) is 0 Å². The van der Waals surface area contributed by atoms with Gasteiger partial charge in [0.25, 0.3) is 0 Å². The van der Waals surface area contributed by atoms with E-state index in [4.69, 9.17) is 0 Å². The summed E-state index contributed by atoms with van der Waals surface area (Å²) in [5, 5.41) is 0. The van der Waals surface area contributed by atoms with Crippen molar-refractivity contribution >= 4 is 11.6 Å². The van der Waals surface area contributed by atoms with E-state index >= 15 is 0 Å². The fourth-order valence-electron chi connectivity index (χ4n) is 7.29. The van der Waals surface area contributed by atoms with Crippen molar-refractivity contribution < 1.29 is 9.59 Å². The Kier molecular flexibility index (Phi) is 3.64. The Morgan fingerprint density at radius 3 is 2.62 bits per heavy atom. The van der Waals surface area contributed by atoms with Gasteiger partial charge in [0.2, 0.25) is 0 Å². The van der Waals surface area contributed by atoms with Crippen molar-refractivity contribution in [2.75, 3.05) is 0 Å². The molecule has 4 rings (SSSR count). The fraction of sp³-hybridized carbons (Fsp3) is 0.818. The summed E-state index contributed by atoms with van der Waals surface area (Å²) in [6.45, 7) is 8.60. The molecule has 24 heavy (non-hydrogen) atoms. The monoisotopic (exact) mass is 328 g/mol. The lowest BCUT2D eigenvalue weighted by Gasteiger charge is -2.60. The molecule has 3 fully saturated rings. The Balaban J connectivity index is 1.69. The van der Waals surface area contributed by atoms with Crippen LogP contribution in [-0.2, 0) is 9.59 Å². The number of allylic oxidation sites excluding steroid dienone is 2. The standard InChI is InChI=1S/C22H32O2/c1-13-9-10-21(3)15(11-13)5-6-16-18-8-7-17(14(2)23)22(18,4)20(24)12-19(16)21/h7,13,15-16,18-19H,5-6,8-12H2,1-4H3/t13-,15-,16?,18?,19?,21-,22+/m0/s1. The first-order chi connectivity index (χ1) is 11.3. The lowest BCUT2D eigenvalue weighted by molar-refractivity contribution is -0.152. The van der Waals surface area contributed by atoms with Gasteiger partial charge in [0.05, 0.1) is 5.41 Å². The van der Waals surface area contributed by atoms with E-state index in [-0.39, 0.29) is 5.78 Å². The minimum Gasteiger partial charge on any atom is -0.299 e. The van der Waals surface area contributed by atoms with Crippen LogP contribution < -0.4 is 0 Å². The maximum Gasteiger partial charge on any atom is 0.156 e. The van der Waals surface area contributed by atoms with Crippen LogP contribution in [0.2, 0.25) is 0 Å². The second kappa shape index (κ2) is 5.29. The molecule has 0 saturated heterocycles. The molecule has 0 aromatic heterocycles. The van der Waals surface area contributed by atoms with Crippen LogP contribution in [0.1, 0.15) is 72.6 Å². The molecular formula is C22H32O2. The predicted octanol–water partition coefficient (Wildman–Crippen LogP) is 4.97. The Morgan fingerprint density at radius 1 is 1.17 bits per heavy atom. The highest BCUT2D eigenvalue weighted by Gasteiger charge is 2.62. The van der Waals surface area contributed by atoms with Crippen LogP contribution >= 0.6 is 0 Å². The van der Waals surface area contributed by atoms with Crippen molar-refractivity contribution in [1.82, 2.24) is 0 Å². The van der Waals surface area contributed by atoms with Crippen molar-refractivity contribution in [3.8, 4) is 0 Å². The summed E-state index contributed by atoms with van der Waals surface area (Å²) >= 11 is 0. The summed E-state index contributed by atoms with van der Waals surface area (Å²) in [5.74, 6) is 3.68. The molecule has 4 aliphatic carbocycles. The van der Waals surface area contributed by atoms with E-state index in [1.54, 1.807) is 6.92 Å². The van der Waals surface area contributed by atoms with Crippen LogP contribution in [-0.4, -0.2) is 11.6 Å². The Hall–Kier alpha value is -0.920. The zero-order valence-electron chi connectivity index (χ0n) is 15.7. The molecule has 0 radical (unpaired) electrons. The van der Waals surface area contributed by atoms with Gasteiger partial charge in [-0.15, -0.1) is 0 Å². The van der Waals surface area contributed by atoms with E-state index in [0.29, 0.717) is 35.4 Å². The topological polar surface area (TPSA) is 34.1 Å². The number of carbonyl (C=O) groups excluding carboxylic acids is 2. The average molecular weight is 328 g/mol. The molecule has 2 heteroatoms. The number of Topliss-reactive ketones (excluding diaryl/α,β-unsaturated/α-hetero) is 2. The molecule has 2 nitrogen and oxygen atoms in total. The summed E-state index contributed by atoms with van der Waals surface area (Å²) in [6, 6.07) is 0. The smallest absolute Gasteiger partial charge is 0.156 e. The van der Waals surface area contributed by atoms with Gasteiger partial charge in [-0.3, -0.25) is 9.59 Å². The van der Waals surface area contributed by atoms with Crippen molar-refractivity contribution in [1.29, 1.82) is 0 Å². The molecule has 0 bridgehead atoms. The summed E-state index contributed by atoms with van der Waals surface area (Å²) < 4.78 is 0. The second-order valence-corrected chi connectivity index (χ2v) is 9.78. The zero-order chi connectivity index (χ0) is 17.3. The van der Waals surface area contributed by atoms with Gasteiger partial charge in [-0.1, -0.05) is 26.3 Å². The first kappa shape index (κ1) is 16.5. The van der Waals surface area contributed by atoms with E-state index in [9.17, 15) is 9.59 Å². The Bertz CT molecular complexity index is 617. The Labute approximate surface area is 146 Å². The molecule has 3 saturated carbocycles.